The van der Waals surface area contributed by atoms with Gasteiger partial charge in [-0.3, -0.25) is 0 Å². The predicted octanol–water partition coefficient (Wildman–Crippen LogP) is 2.68. The van der Waals surface area contributed by atoms with E-state index >= 15 is 0 Å². The molecule has 0 saturated carbocycles. The number of cyclic esters (lactones) is 1. The molecule has 2 aromatic carbocycles. The van der Waals surface area contributed by atoms with Crippen LogP contribution in [-0.4, -0.2) is 23.8 Å². The Morgan fingerprint density at radius 2 is 1.55 bits per heavy atom. The van der Waals surface area contributed by atoms with Gasteiger partial charge < -0.3 is 19.3 Å². The van der Waals surface area contributed by atoms with E-state index in [0.717, 1.165) is 11.1 Å². The monoisotopic (exact) mass is 390 g/mol. The van der Waals surface area contributed by atoms with Crippen LogP contribution in [0.3, 0.4) is 0 Å². The lowest BCUT2D eigenvalue weighted by Crippen LogP contribution is -2.15. The minimum atomic E-state index is -0.743. The first-order valence-electron chi connectivity index (χ1n) is 8.94. The third-order valence-electron chi connectivity index (χ3n) is 4.23. The van der Waals surface area contributed by atoms with Gasteiger partial charge in [0.25, 0.3) is 0 Å². The average Bonchev–Trinajstić information content (AvgIpc) is 3.05. The molecule has 0 amide bonds. The van der Waals surface area contributed by atoms with E-state index in [1.165, 1.54) is 0 Å². The lowest BCUT2D eigenvalue weighted by Gasteiger charge is -2.14. The van der Waals surface area contributed by atoms with Gasteiger partial charge >= 0.3 is 5.97 Å². The average molecular weight is 390 g/mol. The Labute approximate surface area is 168 Å². The van der Waals surface area contributed by atoms with Crippen molar-refractivity contribution in [1.29, 1.82) is 10.5 Å². The van der Waals surface area contributed by atoms with Gasteiger partial charge in [-0.1, -0.05) is 24.3 Å². The molecule has 0 spiro atoms. The summed E-state index contributed by atoms with van der Waals surface area (Å²) >= 11 is 0. The first kappa shape index (κ1) is 19.9. The van der Waals surface area contributed by atoms with Crippen molar-refractivity contribution in [2.45, 2.75) is 25.7 Å². The fourth-order valence-electron chi connectivity index (χ4n) is 2.86. The van der Waals surface area contributed by atoms with Gasteiger partial charge in [-0.25, -0.2) is 4.79 Å². The fourth-order valence-corrected chi connectivity index (χ4v) is 2.86. The van der Waals surface area contributed by atoms with E-state index in [9.17, 15) is 9.90 Å². The molecule has 1 unspecified atom stereocenters. The van der Waals surface area contributed by atoms with E-state index in [1.54, 1.807) is 48.5 Å². The van der Waals surface area contributed by atoms with Crippen LogP contribution in [0.2, 0.25) is 0 Å². The quantitative estimate of drug-likeness (QED) is 0.690. The highest BCUT2D eigenvalue weighted by Crippen LogP contribution is 2.28. The summed E-state index contributed by atoms with van der Waals surface area (Å²) in [5.74, 6) is -0.509. The molecular formula is C22H18N2O5. The molecule has 0 saturated heterocycles. The first-order chi connectivity index (χ1) is 14.1. The molecular weight excluding hydrogens is 372 g/mol. The van der Waals surface area contributed by atoms with E-state index in [1.807, 2.05) is 6.07 Å². The molecule has 1 heterocycles. The molecule has 1 aliphatic rings. The molecule has 0 radical (unpaired) electrons. The second-order valence-electron chi connectivity index (χ2n) is 6.30. The van der Waals surface area contributed by atoms with E-state index in [-0.39, 0.29) is 37.8 Å². The van der Waals surface area contributed by atoms with E-state index in [0.29, 0.717) is 11.1 Å². The SMILES string of the molecule is N#Cc1cccc(COC2=C(OCc3cccc(C#N)c3)C(CCO)OC2=O)c1. The molecule has 7 heteroatoms. The predicted molar refractivity (Wildman–Crippen MR) is 101 cm³/mol. The van der Waals surface area contributed by atoms with Gasteiger partial charge in [0, 0.05) is 13.0 Å². The summed E-state index contributed by atoms with van der Waals surface area (Å²) in [5.41, 5.74) is 2.46. The molecule has 1 N–H and O–H groups in total. The number of hydrogen-bond donors (Lipinski definition) is 1. The number of nitrogens with zero attached hydrogens (tertiary/aromatic N) is 2. The van der Waals surface area contributed by atoms with Crippen molar-refractivity contribution in [3.63, 3.8) is 0 Å². The van der Waals surface area contributed by atoms with Crippen LogP contribution < -0.4 is 0 Å². The number of carbonyl (C=O) groups excluding carboxylic acids is 1. The molecule has 2 aromatic rings. The minimum absolute atomic E-state index is 0.0535. The third-order valence-corrected chi connectivity index (χ3v) is 4.23. The van der Waals surface area contributed by atoms with Crippen LogP contribution in [0, 0.1) is 22.7 Å². The Kier molecular flexibility index (Phi) is 6.47. The van der Waals surface area contributed by atoms with E-state index in [2.05, 4.69) is 6.07 Å². The van der Waals surface area contributed by atoms with Gasteiger partial charge in [0.05, 0.1) is 23.3 Å². The number of rotatable bonds is 8. The molecule has 0 fully saturated rings. The molecule has 1 aliphatic heterocycles. The molecule has 29 heavy (non-hydrogen) atoms. The number of ether oxygens (including phenoxy) is 3. The number of aliphatic hydroxyl groups is 1. The topological polar surface area (TPSA) is 113 Å². The van der Waals surface area contributed by atoms with Crippen molar-refractivity contribution in [3.8, 4) is 12.1 Å². The molecule has 146 valence electrons. The number of hydrogen-bond acceptors (Lipinski definition) is 7. The summed E-state index contributed by atoms with van der Waals surface area (Å²) in [7, 11) is 0. The summed E-state index contributed by atoms with van der Waals surface area (Å²) in [5, 5.41) is 27.3. The molecule has 7 nitrogen and oxygen atoms in total. The largest absolute Gasteiger partial charge is 0.485 e. The van der Waals surface area contributed by atoms with Gasteiger partial charge in [-0.15, -0.1) is 0 Å². The summed E-state index contributed by atoms with van der Waals surface area (Å²) in [6.07, 6.45) is -0.567. The van der Waals surface area contributed by atoms with Crippen LogP contribution in [-0.2, 0) is 32.2 Å². The van der Waals surface area contributed by atoms with Gasteiger partial charge in [-0.05, 0) is 35.4 Å². The smallest absolute Gasteiger partial charge is 0.378 e. The molecule has 0 aromatic heterocycles. The fraction of sp³-hybridized carbons (Fsp3) is 0.227. The minimum Gasteiger partial charge on any atom is -0.485 e. The van der Waals surface area contributed by atoms with Gasteiger partial charge in [-0.2, -0.15) is 10.5 Å². The Balaban J connectivity index is 1.78. The maximum Gasteiger partial charge on any atom is 0.378 e. The zero-order valence-electron chi connectivity index (χ0n) is 15.5. The highest BCUT2D eigenvalue weighted by atomic mass is 16.6. The van der Waals surface area contributed by atoms with Crippen LogP contribution >= 0.6 is 0 Å². The van der Waals surface area contributed by atoms with E-state index < -0.39 is 12.1 Å². The first-order valence-corrected chi connectivity index (χ1v) is 8.94. The lowest BCUT2D eigenvalue weighted by atomic mass is 10.1. The highest BCUT2D eigenvalue weighted by molar-refractivity contribution is 5.89. The summed E-state index contributed by atoms with van der Waals surface area (Å²) < 4.78 is 16.7. The highest BCUT2D eigenvalue weighted by Gasteiger charge is 2.37. The van der Waals surface area contributed by atoms with Crippen LogP contribution in [0.4, 0.5) is 0 Å². The van der Waals surface area contributed by atoms with Gasteiger partial charge in [0.2, 0.25) is 5.76 Å². The van der Waals surface area contributed by atoms with Crippen LogP contribution in [0.25, 0.3) is 0 Å². The Hall–Kier alpha value is -3.81. The number of esters is 1. The Bertz CT molecular complexity index is 1020. The standard InChI is InChI=1S/C22H18N2O5/c23-11-15-3-1-5-17(9-15)13-27-20-19(7-8-25)29-22(26)21(20)28-14-18-6-2-4-16(10-18)12-24/h1-6,9-10,19,25H,7-8,13-14H2. The maximum atomic E-state index is 12.3. The van der Waals surface area contributed by atoms with Crippen LogP contribution in [0.1, 0.15) is 28.7 Å². The van der Waals surface area contributed by atoms with Gasteiger partial charge in [0.1, 0.15) is 13.2 Å². The van der Waals surface area contributed by atoms with Crippen molar-refractivity contribution >= 4 is 5.97 Å². The van der Waals surface area contributed by atoms with Crippen molar-refractivity contribution in [2.75, 3.05) is 6.61 Å². The second kappa shape index (κ2) is 9.41. The Morgan fingerprint density at radius 3 is 2.10 bits per heavy atom. The zero-order valence-corrected chi connectivity index (χ0v) is 15.5. The van der Waals surface area contributed by atoms with E-state index in [4.69, 9.17) is 24.7 Å². The van der Waals surface area contributed by atoms with Crippen LogP contribution in [0.15, 0.2) is 60.0 Å². The van der Waals surface area contributed by atoms with Crippen molar-refractivity contribution in [2.24, 2.45) is 0 Å². The van der Waals surface area contributed by atoms with Crippen molar-refractivity contribution < 1.29 is 24.1 Å². The third kappa shape index (κ3) is 4.92. The lowest BCUT2D eigenvalue weighted by molar-refractivity contribution is -0.143. The van der Waals surface area contributed by atoms with Crippen LogP contribution in [0.5, 0.6) is 0 Å². The number of aliphatic hydroxyl groups excluding tert-OH is 1. The second-order valence-corrected chi connectivity index (χ2v) is 6.30. The number of nitriles is 2. The molecule has 3 rings (SSSR count). The molecule has 1 atom stereocenters. The van der Waals surface area contributed by atoms with Gasteiger partial charge in [0.15, 0.2) is 11.9 Å². The molecule has 0 bridgehead atoms. The van der Waals surface area contributed by atoms with Crippen molar-refractivity contribution in [3.05, 3.63) is 82.3 Å². The van der Waals surface area contributed by atoms with Crippen molar-refractivity contribution in [1.82, 2.24) is 0 Å². The summed E-state index contributed by atoms with van der Waals surface area (Å²) in [6.45, 7) is -0.0189. The Morgan fingerprint density at radius 1 is 0.966 bits per heavy atom. The normalized spacial score (nSPS) is 15.4. The molecule has 0 aliphatic carbocycles. The zero-order chi connectivity index (χ0) is 20.6. The summed E-state index contributed by atoms with van der Waals surface area (Å²) in [6, 6.07) is 17.9. The maximum absolute atomic E-state index is 12.3. The number of benzene rings is 2. The summed E-state index contributed by atoms with van der Waals surface area (Å²) in [4.78, 5) is 12.3. The number of carbonyl (C=O) groups is 1.